The van der Waals surface area contributed by atoms with E-state index in [4.69, 9.17) is 15.0 Å². The lowest BCUT2D eigenvalue weighted by Crippen LogP contribution is -2.35. The van der Waals surface area contributed by atoms with Crippen LogP contribution in [-0.2, 0) is 10.8 Å². The van der Waals surface area contributed by atoms with Gasteiger partial charge in [-0.1, -0.05) is 84.9 Å². The summed E-state index contributed by atoms with van der Waals surface area (Å²) in [5, 5.41) is 9.20. The van der Waals surface area contributed by atoms with Gasteiger partial charge < -0.3 is 0 Å². The molecule has 3 heterocycles. The molecule has 7 aromatic rings. The van der Waals surface area contributed by atoms with Crippen LogP contribution in [0.1, 0.15) is 48.8 Å². The molecular weight excluding hydrogens is 649 g/mol. The minimum atomic E-state index is 0.248. The molecule has 4 aromatic carbocycles. The van der Waals surface area contributed by atoms with E-state index < -0.39 is 0 Å². The van der Waals surface area contributed by atoms with E-state index in [-0.39, 0.29) is 10.8 Å². The molecule has 4 aliphatic carbocycles. The van der Waals surface area contributed by atoms with Crippen LogP contribution in [0.4, 0.5) is 0 Å². The first-order valence-corrected chi connectivity index (χ1v) is 18.5. The van der Waals surface area contributed by atoms with Crippen LogP contribution in [0.15, 0.2) is 146 Å². The molecule has 4 unspecified atom stereocenters. The molecule has 0 radical (unpaired) electrons. The van der Waals surface area contributed by atoms with Crippen LogP contribution in [0.25, 0.3) is 56.4 Å². The molecule has 3 aromatic heterocycles. The summed E-state index contributed by atoms with van der Waals surface area (Å²) in [6.45, 7) is 0. The maximum Gasteiger partial charge on any atom is 0.164 e. The molecule has 0 aliphatic heterocycles. The minimum Gasteiger partial charge on any atom is -0.265 e. The van der Waals surface area contributed by atoms with E-state index in [0.717, 1.165) is 34.1 Å². The maximum atomic E-state index is 9.20. The molecule has 11 rings (SSSR count). The average Bonchev–Trinajstić information content (AvgIpc) is 3.63. The molecule has 6 nitrogen and oxygen atoms in total. The monoisotopic (exact) mass is 684 g/mol. The van der Waals surface area contributed by atoms with Crippen LogP contribution in [0.2, 0.25) is 0 Å². The van der Waals surface area contributed by atoms with E-state index in [9.17, 15) is 5.26 Å². The van der Waals surface area contributed by atoms with E-state index in [2.05, 4.69) is 101 Å². The number of rotatable bonds is 7. The largest absolute Gasteiger partial charge is 0.265 e. The zero-order valence-electron chi connectivity index (χ0n) is 29.2. The van der Waals surface area contributed by atoms with Gasteiger partial charge >= 0.3 is 0 Å². The minimum absolute atomic E-state index is 0.248. The lowest BCUT2D eigenvalue weighted by molar-refractivity contribution is 0.220. The summed E-state index contributed by atoms with van der Waals surface area (Å²) < 4.78 is 0. The number of nitrogens with zero attached hydrogens (tertiary/aromatic N) is 6. The summed E-state index contributed by atoms with van der Waals surface area (Å²) in [6, 6.07) is 45.2. The Morgan fingerprint density at radius 2 is 0.906 bits per heavy atom. The van der Waals surface area contributed by atoms with Crippen molar-refractivity contribution in [3.8, 4) is 62.5 Å². The molecule has 53 heavy (non-hydrogen) atoms. The summed E-state index contributed by atoms with van der Waals surface area (Å²) in [4.78, 5) is 22.9. The van der Waals surface area contributed by atoms with Crippen molar-refractivity contribution in [2.75, 3.05) is 0 Å². The molecule has 4 aliphatic rings. The highest BCUT2D eigenvalue weighted by atomic mass is 15.0. The summed E-state index contributed by atoms with van der Waals surface area (Å²) in [5.41, 5.74) is 11.7. The van der Waals surface area contributed by atoms with Crippen LogP contribution >= 0.6 is 0 Å². The SMILES string of the molecule is N#Cc1ccc(-c2ccc(C34CC5CC3CC(c3ccc(-c6ccc(-c7nc(-c8ccncc8)nc(-c8ccncc8)n7)cc6)cc3)(C5)C4)cc2)cc1. The van der Waals surface area contributed by atoms with Crippen LogP contribution in [-0.4, -0.2) is 24.9 Å². The molecule has 0 N–H and O–H groups in total. The van der Waals surface area contributed by atoms with Gasteiger partial charge in [-0.05, 0) is 125 Å². The molecule has 0 amide bonds. The van der Waals surface area contributed by atoms with Crippen LogP contribution in [0.3, 0.4) is 0 Å². The zero-order valence-corrected chi connectivity index (χ0v) is 29.2. The molecule has 4 atom stereocenters. The van der Waals surface area contributed by atoms with Gasteiger partial charge in [0.05, 0.1) is 11.6 Å². The average molecular weight is 685 g/mol. The van der Waals surface area contributed by atoms with Gasteiger partial charge in [-0.2, -0.15) is 5.26 Å². The van der Waals surface area contributed by atoms with Gasteiger partial charge in [-0.25, -0.2) is 15.0 Å². The van der Waals surface area contributed by atoms with E-state index in [1.54, 1.807) is 24.8 Å². The number of pyridine rings is 2. The maximum absolute atomic E-state index is 9.20. The van der Waals surface area contributed by atoms with Crippen LogP contribution < -0.4 is 0 Å². The molecule has 0 spiro atoms. The van der Waals surface area contributed by atoms with Crippen molar-refractivity contribution in [2.45, 2.75) is 42.9 Å². The third-order valence-electron chi connectivity index (χ3n) is 12.3. The van der Waals surface area contributed by atoms with Gasteiger partial charge in [0, 0.05) is 41.5 Å². The normalized spacial score (nSPS) is 22.5. The summed E-state index contributed by atoms with van der Waals surface area (Å²) in [7, 11) is 0. The Bertz CT molecular complexity index is 2420. The fourth-order valence-corrected chi connectivity index (χ4v) is 10.0. The molecule has 6 heteroatoms. The number of nitriles is 1. The predicted molar refractivity (Wildman–Crippen MR) is 207 cm³/mol. The Morgan fingerprint density at radius 3 is 1.42 bits per heavy atom. The quantitative estimate of drug-likeness (QED) is 0.166. The highest BCUT2D eigenvalue weighted by molar-refractivity contribution is 5.71. The summed E-state index contributed by atoms with van der Waals surface area (Å²) in [5.74, 6) is 3.38. The van der Waals surface area contributed by atoms with Crippen molar-refractivity contribution in [1.82, 2.24) is 24.9 Å². The molecule has 4 saturated carbocycles. The second-order valence-electron chi connectivity index (χ2n) is 15.2. The van der Waals surface area contributed by atoms with Gasteiger partial charge in [0.25, 0.3) is 0 Å². The molecule has 4 fully saturated rings. The predicted octanol–water partition coefficient (Wildman–Crippen LogP) is 10.3. The number of benzene rings is 4. The van der Waals surface area contributed by atoms with E-state index in [1.165, 1.54) is 59.9 Å². The molecule has 254 valence electrons. The molecular formula is C47H36N6. The first kappa shape index (κ1) is 31.4. The van der Waals surface area contributed by atoms with Crippen molar-refractivity contribution in [1.29, 1.82) is 5.26 Å². The van der Waals surface area contributed by atoms with E-state index in [0.29, 0.717) is 23.0 Å². The van der Waals surface area contributed by atoms with Gasteiger partial charge in [-0.15, -0.1) is 0 Å². The topological polar surface area (TPSA) is 88.2 Å². The Morgan fingerprint density at radius 1 is 0.472 bits per heavy atom. The van der Waals surface area contributed by atoms with Crippen molar-refractivity contribution in [2.24, 2.45) is 11.8 Å². The standard InChI is InChI=1S/C47H36N6/c48-29-31-1-3-33(4-2-31)36-11-15-41(16-12-36)47-27-32-25-42(47)28-46(26-32,30-47)40-13-9-35(10-14-40)34-5-7-37(8-6-34)43-51-44(38-17-21-49-22-18-38)53-45(52-43)39-19-23-50-24-20-39/h1-24,32,42H,25-28,30H2. The molecule has 4 bridgehead atoms. The fourth-order valence-electron chi connectivity index (χ4n) is 10.0. The van der Waals surface area contributed by atoms with E-state index >= 15 is 0 Å². The summed E-state index contributed by atoms with van der Waals surface area (Å²) in [6.07, 6.45) is 13.5. The third kappa shape index (κ3) is 5.43. The number of hydrogen-bond acceptors (Lipinski definition) is 6. The highest BCUT2D eigenvalue weighted by Gasteiger charge is 2.64. The van der Waals surface area contributed by atoms with Crippen molar-refractivity contribution in [3.05, 3.63) is 163 Å². The third-order valence-corrected chi connectivity index (χ3v) is 12.3. The van der Waals surface area contributed by atoms with E-state index in [1.807, 2.05) is 36.4 Å². The molecule has 0 saturated heterocycles. The van der Waals surface area contributed by atoms with Crippen molar-refractivity contribution in [3.63, 3.8) is 0 Å². The smallest absolute Gasteiger partial charge is 0.164 e. The van der Waals surface area contributed by atoms with Gasteiger partial charge in [0.1, 0.15) is 0 Å². The lowest BCUT2D eigenvalue weighted by Gasteiger charge is -2.42. The van der Waals surface area contributed by atoms with Crippen molar-refractivity contribution >= 4 is 0 Å². The van der Waals surface area contributed by atoms with Gasteiger partial charge in [0.2, 0.25) is 0 Å². The Hall–Kier alpha value is -6.32. The first-order valence-electron chi connectivity index (χ1n) is 18.5. The summed E-state index contributed by atoms with van der Waals surface area (Å²) >= 11 is 0. The second-order valence-corrected chi connectivity index (χ2v) is 15.2. The Kier molecular flexibility index (Phi) is 7.36. The van der Waals surface area contributed by atoms with Gasteiger partial charge in [-0.3, -0.25) is 9.97 Å². The number of aromatic nitrogens is 5. The first-order chi connectivity index (χ1) is 26.1. The van der Waals surface area contributed by atoms with Crippen LogP contribution in [0, 0.1) is 23.2 Å². The Labute approximate surface area is 309 Å². The van der Waals surface area contributed by atoms with Gasteiger partial charge in [0.15, 0.2) is 17.5 Å². The fraction of sp³-hybridized carbons (Fsp3) is 0.191. The Balaban J connectivity index is 0.903. The second kappa shape index (κ2) is 12.4. The number of hydrogen-bond donors (Lipinski definition) is 0. The lowest BCUT2D eigenvalue weighted by atomic mass is 9.62. The van der Waals surface area contributed by atoms with Crippen molar-refractivity contribution < 1.29 is 0 Å². The van der Waals surface area contributed by atoms with Crippen LogP contribution in [0.5, 0.6) is 0 Å². The highest BCUT2D eigenvalue weighted by Crippen LogP contribution is 2.71. The zero-order chi connectivity index (χ0) is 35.4.